The summed E-state index contributed by atoms with van der Waals surface area (Å²) >= 11 is 0. The second kappa shape index (κ2) is 7.06. The Labute approximate surface area is 152 Å². The number of pyridine rings is 1. The molecule has 0 radical (unpaired) electrons. The molecule has 8 nitrogen and oxygen atoms in total. The molecule has 1 fully saturated rings. The van der Waals surface area contributed by atoms with Gasteiger partial charge in [0.15, 0.2) is 15.5 Å². The highest BCUT2D eigenvalue weighted by atomic mass is 32.2. The van der Waals surface area contributed by atoms with Crippen molar-refractivity contribution in [3.05, 3.63) is 35.9 Å². The number of nitrogens with one attached hydrogen (secondary N) is 1. The molecule has 2 amide bonds. The van der Waals surface area contributed by atoms with E-state index in [2.05, 4.69) is 10.3 Å². The van der Waals surface area contributed by atoms with Crippen molar-refractivity contribution in [2.24, 2.45) is 0 Å². The van der Waals surface area contributed by atoms with Gasteiger partial charge in [0.2, 0.25) is 5.82 Å². The summed E-state index contributed by atoms with van der Waals surface area (Å²) in [6.07, 6.45) is 2.06. The quantitative estimate of drug-likeness (QED) is 0.827. The number of fused-ring (bicyclic) bond motifs is 1. The first-order chi connectivity index (χ1) is 12.4. The number of imidazole rings is 1. The van der Waals surface area contributed by atoms with E-state index in [0.717, 1.165) is 0 Å². The third-order valence-electron chi connectivity index (χ3n) is 4.57. The van der Waals surface area contributed by atoms with Crippen LogP contribution < -0.4 is 5.32 Å². The molecule has 9 heteroatoms. The Morgan fingerprint density at radius 1 is 1.31 bits per heavy atom. The molecular weight excluding hydrogens is 356 g/mol. The standard InChI is InChI=1S/C17H22N4O4S/c1-3-20(4-2)17(23)14-13-7-5-6-9-21(13)15(19-14)16(22)18-12-8-10-26(24,25)11-12/h5-7,9,12H,3-4,8,10-11H2,1-2H3,(H,18,22). The normalized spacial score (nSPS) is 18.8. The van der Waals surface area contributed by atoms with E-state index in [0.29, 0.717) is 25.0 Å². The highest BCUT2D eigenvalue weighted by Crippen LogP contribution is 2.17. The van der Waals surface area contributed by atoms with Gasteiger partial charge < -0.3 is 10.2 Å². The third-order valence-corrected chi connectivity index (χ3v) is 6.34. The molecule has 0 saturated carbocycles. The van der Waals surface area contributed by atoms with Gasteiger partial charge in [0.25, 0.3) is 11.8 Å². The minimum Gasteiger partial charge on any atom is -0.346 e. The smallest absolute Gasteiger partial charge is 0.287 e. The van der Waals surface area contributed by atoms with Crippen LogP contribution in [-0.4, -0.2) is 65.2 Å². The lowest BCUT2D eigenvalue weighted by molar-refractivity contribution is 0.0769. The Morgan fingerprint density at radius 2 is 2.04 bits per heavy atom. The van der Waals surface area contributed by atoms with Crippen molar-refractivity contribution >= 4 is 27.2 Å². The van der Waals surface area contributed by atoms with Gasteiger partial charge in [-0.25, -0.2) is 13.4 Å². The number of hydrogen-bond donors (Lipinski definition) is 1. The van der Waals surface area contributed by atoms with Crippen LogP contribution in [0, 0.1) is 0 Å². The summed E-state index contributed by atoms with van der Waals surface area (Å²) in [4.78, 5) is 31.3. The number of carbonyl (C=O) groups excluding carboxylic acids is 2. The maximum Gasteiger partial charge on any atom is 0.287 e. The lowest BCUT2D eigenvalue weighted by Crippen LogP contribution is -2.36. The minimum absolute atomic E-state index is 0.0622. The van der Waals surface area contributed by atoms with Crippen LogP contribution in [-0.2, 0) is 9.84 Å². The zero-order chi connectivity index (χ0) is 18.9. The van der Waals surface area contributed by atoms with E-state index in [4.69, 9.17) is 0 Å². The summed E-state index contributed by atoms with van der Waals surface area (Å²) < 4.78 is 24.7. The van der Waals surface area contributed by atoms with Crippen LogP contribution in [0.3, 0.4) is 0 Å². The van der Waals surface area contributed by atoms with E-state index in [9.17, 15) is 18.0 Å². The van der Waals surface area contributed by atoms with Gasteiger partial charge >= 0.3 is 0 Å². The number of rotatable bonds is 5. The van der Waals surface area contributed by atoms with E-state index < -0.39 is 21.8 Å². The Morgan fingerprint density at radius 3 is 2.65 bits per heavy atom. The summed E-state index contributed by atoms with van der Waals surface area (Å²) in [6, 6.07) is 4.84. The van der Waals surface area contributed by atoms with Crippen molar-refractivity contribution in [3.63, 3.8) is 0 Å². The van der Waals surface area contributed by atoms with Gasteiger partial charge in [-0.05, 0) is 32.4 Å². The van der Waals surface area contributed by atoms with Crippen LogP contribution in [0.25, 0.3) is 5.52 Å². The number of hydrogen-bond acceptors (Lipinski definition) is 5. The SMILES string of the molecule is CCN(CC)C(=O)c1nc(C(=O)NC2CCS(=O)(=O)C2)n2ccccc12. The Hall–Kier alpha value is -2.42. The van der Waals surface area contributed by atoms with Crippen molar-refractivity contribution in [2.45, 2.75) is 26.3 Å². The molecule has 140 valence electrons. The van der Waals surface area contributed by atoms with Crippen LogP contribution >= 0.6 is 0 Å². The Bertz CT molecular complexity index is 947. The molecule has 1 saturated heterocycles. The van der Waals surface area contributed by atoms with Crippen molar-refractivity contribution in [1.29, 1.82) is 0 Å². The Kier molecular flexibility index (Phi) is 4.99. The number of aromatic nitrogens is 2. The van der Waals surface area contributed by atoms with Crippen molar-refractivity contribution in [2.75, 3.05) is 24.6 Å². The molecule has 26 heavy (non-hydrogen) atoms. The molecular formula is C17H22N4O4S. The lowest BCUT2D eigenvalue weighted by atomic mass is 10.2. The topological polar surface area (TPSA) is 101 Å². The molecule has 2 aromatic rings. The zero-order valence-corrected chi connectivity index (χ0v) is 15.6. The summed E-state index contributed by atoms with van der Waals surface area (Å²) in [7, 11) is -3.09. The van der Waals surface area contributed by atoms with E-state index in [-0.39, 0.29) is 28.9 Å². The first-order valence-corrected chi connectivity index (χ1v) is 10.5. The summed E-state index contributed by atoms with van der Waals surface area (Å²) in [5.74, 6) is -0.618. The Balaban J connectivity index is 1.94. The largest absolute Gasteiger partial charge is 0.346 e. The maximum atomic E-state index is 12.7. The summed E-state index contributed by atoms with van der Waals surface area (Å²) in [6.45, 7) is 4.85. The molecule has 3 rings (SSSR count). The van der Waals surface area contributed by atoms with Gasteiger partial charge in [-0.2, -0.15) is 0 Å². The highest BCUT2D eigenvalue weighted by Gasteiger charge is 2.31. The van der Waals surface area contributed by atoms with E-state index in [1.54, 1.807) is 33.7 Å². The zero-order valence-electron chi connectivity index (χ0n) is 14.8. The first-order valence-electron chi connectivity index (χ1n) is 8.64. The second-order valence-corrected chi connectivity index (χ2v) is 8.52. The number of sulfone groups is 1. The fraction of sp³-hybridized carbons (Fsp3) is 0.471. The van der Waals surface area contributed by atoms with Gasteiger partial charge in [0, 0.05) is 25.3 Å². The average molecular weight is 378 g/mol. The third kappa shape index (κ3) is 3.44. The average Bonchev–Trinajstić information content (AvgIpc) is 3.16. The van der Waals surface area contributed by atoms with Crippen LogP contribution in [0.1, 0.15) is 41.4 Å². The van der Waals surface area contributed by atoms with Crippen molar-refractivity contribution < 1.29 is 18.0 Å². The summed E-state index contributed by atoms with van der Waals surface area (Å²) in [5, 5.41) is 2.73. The number of nitrogens with zero attached hydrogens (tertiary/aromatic N) is 3. The molecule has 0 aliphatic carbocycles. The van der Waals surface area contributed by atoms with Crippen LogP contribution in [0.4, 0.5) is 0 Å². The molecule has 1 N–H and O–H groups in total. The number of amides is 2. The minimum atomic E-state index is -3.09. The van der Waals surface area contributed by atoms with Gasteiger partial charge in [-0.15, -0.1) is 0 Å². The fourth-order valence-corrected chi connectivity index (χ4v) is 4.85. The van der Waals surface area contributed by atoms with Crippen LogP contribution in [0.5, 0.6) is 0 Å². The molecule has 1 unspecified atom stereocenters. The van der Waals surface area contributed by atoms with E-state index >= 15 is 0 Å². The summed E-state index contributed by atoms with van der Waals surface area (Å²) in [5.41, 5.74) is 0.770. The van der Waals surface area contributed by atoms with Crippen LogP contribution in [0.15, 0.2) is 24.4 Å². The molecule has 1 aliphatic heterocycles. The number of carbonyl (C=O) groups is 2. The molecule has 0 aromatic carbocycles. The molecule has 2 aromatic heterocycles. The van der Waals surface area contributed by atoms with E-state index in [1.165, 1.54) is 0 Å². The van der Waals surface area contributed by atoms with Gasteiger partial charge in [0.05, 0.1) is 17.0 Å². The first kappa shape index (κ1) is 18.4. The monoisotopic (exact) mass is 378 g/mol. The highest BCUT2D eigenvalue weighted by molar-refractivity contribution is 7.91. The predicted molar refractivity (Wildman–Crippen MR) is 97.0 cm³/mol. The van der Waals surface area contributed by atoms with Gasteiger partial charge in [-0.3, -0.25) is 14.0 Å². The van der Waals surface area contributed by atoms with E-state index in [1.807, 2.05) is 13.8 Å². The van der Waals surface area contributed by atoms with Gasteiger partial charge in [-0.1, -0.05) is 6.07 Å². The lowest BCUT2D eigenvalue weighted by Gasteiger charge is -2.17. The molecule has 3 heterocycles. The van der Waals surface area contributed by atoms with Gasteiger partial charge in [0.1, 0.15) is 0 Å². The molecule has 1 aliphatic rings. The molecule has 1 atom stereocenters. The second-order valence-electron chi connectivity index (χ2n) is 6.29. The molecule has 0 bridgehead atoms. The van der Waals surface area contributed by atoms with Crippen LogP contribution in [0.2, 0.25) is 0 Å². The fourth-order valence-electron chi connectivity index (χ4n) is 3.17. The van der Waals surface area contributed by atoms with Crippen molar-refractivity contribution in [3.8, 4) is 0 Å². The molecule has 0 spiro atoms. The van der Waals surface area contributed by atoms with Crippen molar-refractivity contribution in [1.82, 2.24) is 19.6 Å². The maximum absolute atomic E-state index is 12.7. The predicted octanol–water partition coefficient (Wildman–Crippen LogP) is 0.733.